The molecule has 0 unspecified atom stereocenters. The number of hydrogen-bond donors (Lipinski definition) is 0. The minimum Gasteiger partial charge on any atom is -0.381 e. The average Bonchev–Trinajstić information content (AvgIpc) is 2.16. The van der Waals surface area contributed by atoms with E-state index in [4.69, 9.17) is 4.74 Å². The zero-order valence-electron chi connectivity index (χ0n) is 8.37. The molecule has 0 aromatic rings. The van der Waals surface area contributed by atoms with E-state index in [-0.39, 0.29) is 0 Å². The Bertz CT molecular complexity index is 144. The van der Waals surface area contributed by atoms with Crippen LogP contribution in [0.5, 0.6) is 0 Å². The number of nitrogens with zero attached hydrogens (tertiary/aromatic N) is 1. The van der Waals surface area contributed by atoms with Gasteiger partial charge in [-0.2, -0.15) is 0 Å². The second kappa shape index (κ2) is 6.11. The first kappa shape index (κ1) is 10.7. The molecule has 0 aliphatic carbocycles. The van der Waals surface area contributed by atoms with Gasteiger partial charge in [-0.1, -0.05) is 0 Å². The summed E-state index contributed by atoms with van der Waals surface area (Å²) in [6, 6.07) is 0. The quantitative estimate of drug-likeness (QED) is 0.597. The molecule has 0 aromatic carbocycles. The number of carbonyl (C=O) groups excluding carboxylic acids is 1. The molecular weight excluding hydrogens is 166 g/mol. The lowest BCUT2D eigenvalue weighted by Gasteiger charge is -2.26. The van der Waals surface area contributed by atoms with Gasteiger partial charge in [0.05, 0.1) is 0 Å². The Kier molecular flexibility index (Phi) is 5.01. The molecule has 0 aromatic heterocycles. The van der Waals surface area contributed by atoms with Crippen molar-refractivity contribution in [1.82, 2.24) is 4.90 Å². The van der Waals surface area contributed by atoms with E-state index in [0.29, 0.717) is 6.42 Å². The van der Waals surface area contributed by atoms with Crippen LogP contribution in [0.3, 0.4) is 0 Å². The molecule has 1 fully saturated rings. The molecule has 0 N–H and O–H groups in total. The van der Waals surface area contributed by atoms with Crippen LogP contribution in [0.4, 0.5) is 0 Å². The zero-order chi connectivity index (χ0) is 9.52. The standard InChI is InChI=1S/C10H19NO2/c1-11(5-2-6-12)9-10-3-7-13-8-4-10/h6,10H,2-5,7-9H2,1H3. The first-order valence-corrected chi connectivity index (χ1v) is 5.03. The Balaban J connectivity index is 2.10. The van der Waals surface area contributed by atoms with Gasteiger partial charge < -0.3 is 14.4 Å². The molecule has 0 amide bonds. The summed E-state index contributed by atoms with van der Waals surface area (Å²) in [5, 5.41) is 0. The Morgan fingerprint density at radius 2 is 2.15 bits per heavy atom. The first-order chi connectivity index (χ1) is 6.33. The van der Waals surface area contributed by atoms with Crippen molar-refractivity contribution < 1.29 is 9.53 Å². The summed E-state index contributed by atoms with van der Waals surface area (Å²) >= 11 is 0. The lowest BCUT2D eigenvalue weighted by atomic mass is 10.00. The van der Waals surface area contributed by atoms with Crippen LogP contribution in [0.1, 0.15) is 19.3 Å². The lowest BCUT2D eigenvalue weighted by molar-refractivity contribution is -0.108. The van der Waals surface area contributed by atoms with E-state index in [9.17, 15) is 4.79 Å². The van der Waals surface area contributed by atoms with Gasteiger partial charge in [0.15, 0.2) is 0 Å². The summed E-state index contributed by atoms with van der Waals surface area (Å²) in [6.07, 6.45) is 3.98. The Morgan fingerprint density at radius 1 is 1.46 bits per heavy atom. The normalized spacial score (nSPS) is 19.2. The van der Waals surface area contributed by atoms with E-state index >= 15 is 0 Å². The minimum absolute atomic E-state index is 0.652. The number of carbonyl (C=O) groups is 1. The fourth-order valence-electron chi connectivity index (χ4n) is 1.73. The van der Waals surface area contributed by atoms with E-state index in [0.717, 1.165) is 38.5 Å². The molecule has 1 aliphatic rings. The van der Waals surface area contributed by atoms with E-state index in [1.165, 1.54) is 12.8 Å². The maximum Gasteiger partial charge on any atom is 0.121 e. The van der Waals surface area contributed by atoms with Gasteiger partial charge in [-0.25, -0.2) is 0 Å². The van der Waals surface area contributed by atoms with Crippen LogP contribution in [-0.2, 0) is 9.53 Å². The van der Waals surface area contributed by atoms with Gasteiger partial charge in [-0.05, 0) is 25.8 Å². The average molecular weight is 185 g/mol. The minimum atomic E-state index is 0.652. The van der Waals surface area contributed by atoms with E-state index in [1.807, 2.05) is 0 Å². The van der Waals surface area contributed by atoms with Crippen LogP contribution in [-0.4, -0.2) is 44.5 Å². The zero-order valence-corrected chi connectivity index (χ0v) is 8.37. The third kappa shape index (κ3) is 4.39. The second-order valence-electron chi connectivity index (χ2n) is 3.77. The molecule has 0 radical (unpaired) electrons. The molecule has 76 valence electrons. The Hall–Kier alpha value is -0.410. The Labute approximate surface area is 80.1 Å². The van der Waals surface area contributed by atoms with Crippen LogP contribution < -0.4 is 0 Å². The molecule has 13 heavy (non-hydrogen) atoms. The molecule has 1 aliphatic heterocycles. The highest BCUT2D eigenvalue weighted by molar-refractivity contribution is 5.49. The van der Waals surface area contributed by atoms with Gasteiger partial charge in [0, 0.05) is 32.7 Å². The second-order valence-corrected chi connectivity index (χ2v) is 3.77. The van der Waals surface area contributed by atoms with Crippen molar-refractivity contribution in [3.63, 3.8) is 0 Å². The third-order valence-corrected chi connectivity index (χ3v) is 2.54. The molecule has 1 saturated heterocycles. The molecule has 1 heterocycles. The topological polar surface area (TPSA) is 29.5 Å². The van der Waals surface area contributed by atoms with Crippen molar-refractivity contribution in [2.75, 3.05) is 33.4 Å². The fraction of sp³-hybridized carbons (Fsp3) is 0.900. The summed E-state index contributed by atoms with van der Waals surface area (Å²) in [4.78, 5) is 12.4. The largest absolute Gasteiger partial charge is 0.381 e. The number of ether oxygens (including phenoxy) is 1. The predicted octanol–water partition coefficient (Wildman–Crippen LogP) is 0.934. The maximum absolute atomic E-state index is 10.2. The van der Waals surface area contributed by atoms with Crippen LogP contribution in [0.2, 0.25) is 0 Å². The highest BCUT2D eigenvalue weighted by Gasteiger charge is 2.15. The van der Waals surface area contributed by atoms with Crippen LogP contribution in [0.25, 0.3) is 0 Å². The smallest absolute Gasteiger partial charge is 0.121 e. The summed E-state index contributed by atoms with van der Waals surface area (Å²) in [5.74, 6) is 0.769. The number of aldehydes is 1. The Morgan fingerprint density at radius 3 is 2.77 bits per heavy atom. The summed E-state index contributed by atoms with van der Waals surface area (Å²) in [6.45, 7) is 3.82. The third-order valence-electron chi connectivity index (χ3n) is 2.54. The predicted molar refractivity (Wildman–Crippen MR) is 51.7 cm³/mol. The van der Waals surface area contributed by atoms with Gasteiger partial charge in [-0.3, -0.25) is 0 Å². The van der Waals surface area contributed by atoms with Crippen LogP contribution in [0.15, 0.2) is 0 Å². The maximum atomic E-state index is 10.2. The van der Waals surface area contributed by atoms with Crippen molar-refractivity contribution in [1.29, 1.82) is 0 Å². The van der Waals surface area contributed by atoms with Crippen molar-refractivity contribution in [2.24, 2.45) is 5.92 Å². The number of rotatable bonds is 5. The van der Waals surface area contributed by atoms with Gasteiger partial charge in [-0.15, -0.1) is 0 Å². The summed E-state index contributed by atoms with van der Waals surface area (Å²) in [5.41, 5.74) is 0. The van der Waals surface area contributed by atoms with Crippen molar-refractivity contribution in [3.8, 4) is 0 Å². The molecular formula is C10H19NO2. The van der Waals surface area contributed by atoms with Crippen LogP contribution >= 0.6 is 0 Å². The van der Waals surface area contributed by atoms with Crippen molar-refractivity contribution >= 4 is 6.29 Å². The molecule has 1 rings (SSSR count). The molecule has 3 heteroatoms. The summed E-state index contributed by atoms with van der Waals surface area (Å²) in [7, 11) is 2.08. The van der Waals surface area contributed by atoms with Gasteiger partial charge in [0.1, 0.15) is 6.29 Å². The van der Waals surface area contributed by atoms with Crippen LogP contribution in [0, 0.1) is 5.92 Å². The lowest BCUT2D eigenvalue weighted by Crippen LogP contribution is -2.30. The SMILES string of the molecule is CN(CCC=O)CC1CCOCC1. The molecule has 0 spiro atoms. The van der Waals surface area contributed by atoms with E-state index < -0.39 is 0 Å². The van der Waals surface area contributed by atoms with Gasteiger partial charge >= 0.3 is 0 Å². The van der Waals surface area contributed by atoms with Crippen molar-refractivity contribution in [3.05, 3.63) is 0 Å². The van der Waals surface area contributed by atoms with Crippen molar-refractivity contribution in [2.45, 2.75) is 19.3 Å². The molecule has 0 bridgehead atoms. The molecule has 0 atom stereocenters. The van der Waals surface area contributed by atoms with E-state index in [1.54, 1.807) is 0 Å². The first-order valence-electron chi connectivity index (χ1n) is 5.03. The fourth-order valence-corrected chi connectivity index (χ4v) is 1.73. The van der Waals surface area contributed by atoms with Gasteiger partial charge in [0.25, 0.3) is 0 Å². The van der Waals surface area contributed by atoms with E-state index in [2.05, 4.69) is 11.9 Å². The monoisotopic (exact) mass is 185 g/mol. The summed E-state index contributed by atoms with van der Waals surface area (Å²) < 4.78 is 5.29. The van der Waals surface area contributed by atoms with Gasteiger partial charge in [0.2, 0.25) is 0 Å². The highest BCUT2D eigenvalue weighted by atomic mass is 16.5. The molecule has 0 saturated carbocycles. The number of hydrogen-bond acceptors (Lipinski definition) is 3. The highest BCUT2D eigenvalue weighted by Crippen LogP contribution is 2.15. The molecule has 3 nitrogen and oxygen atoms in total.